The molecule has 0 aromatic heterocycles. The van der Waals surface area contributed by atoms with E-state index in [1.165, 1.54) is 44.9 Å². The van der Waals surface area contributed by atoms with Gasteiger partial charge in [-0.2, -0.15) is 0 Å². The highest BCUT2D eigenvalue weighted by atomic mass is 16.2. The molecule has 102 valence electrons. The largest absolute Gasteiger partial charge is 0.340 e. The summed E-state index contributed by atoms with van der Waals surface area (Å²) >= 11 is 0. The van der Waals surface area contributed by atoms with E-state index in [9.17, 15) is 4.79 Å². The van der Waals surface area contributed by atoms with Crippen LogP contribution >= 0.6 is 0 Å². The third-order valence-corrected chi connectivity index (χ3v) is 5.47. The molecule has 3 heteroatoms. The highest BCUT2D eigenvalue weighted by molar-refractivity contribution is 5.78. The van der Waals surface area contributed by atoms with E-state index in [0.29, 0.717) is 12.5 Å². The van der Waals surface area contributed by atoms with Crippen molar-refractivity contribution in [2.45, 2.75) is 44.9 Å². The van der Waals surface area contributed by atoms with Crippen LogP contribution in [0.2, 0.25) is 0 Å². The van der Waals surface area contributed by atoms with E-state index in [2.05, 4.69) is 9.80 Å². The highest BCUT2D eigenvalue weighted by Gasteiger charge is 2.52. The van der Waals surface area contributed by atoms with Crippen molar-refractivity contribution < 1.29 is 4.79 Å². The van der Waals surface area contributed by atoms with E-state index in [1.54, 1.807) is 0 Å². The molecule has 3 nitrogen and oxygen atoms in total. The monoisotopic (exact) mass is 250 g/mol. The van der Waals surface area contributed by atoms with Gasteiger partial charge in [0.05, 0.1) is 6.54 Å². The molecule has 1 saturated heterocycles. The van der Waals surface area contributed by atoms with Gasteiger partial charge in [-0.25, -0.2) is 0 Å². The summed E-state index contributed by atoms with van der Waals surface area (Å²) in [6.45, 7) is 3.62. The van der Waals surface area contributed by atoms with Gasteiger partial charge in [-0.1, -0.05) is 19.3 Å². The lowest BCUT2D eigenvalue weighted by atomic mass is 9.84. The molecule has 3 fully saturated rings. The van der Waals surface area contributed by atoms with Crippen molar-refractivity contribution >= 4 is 5.91 Å². The van der Waals surface area contributed by atoms with Crippen molar-refractivity contribution in [2.24, 2.45) is 11.3 Å². The summed E-state index contributed by atoms with van der Waals surface area (Å²) in [5.41, 5.74) is 0.730. The number of rotatable bonds is 3. The lowest BCUT2D eigenvalue weighted by molar-refractivity contribution is -0.135. The molecular weight excluding hydrogens is 224 g/mol. The Hall–Kier alpha value is -0.570. The fourth-order valence-corrected chi connectivity index (χ4v) is 4.08. The summed E-state index contributed by atoms with van der Waals surface area (Å²) in [7, 11) is 2.03. The van der Waals surface area contributed by atoms with Crippen LogP contribution in [-0.2, 0) is 4.79 Å². The molecule has 3 rings (SSSR count). The molecule has 0 bridgehead atoms. The maximum Gasteiger partial charge on any atom is 0.236 e. The summed E-state index contributed by atoms with van der Waals surface area (Å²) in [5.74, 6) is 1.27. The molecule has 1 atom stereocenters. The Morgan fingerprint density at radius 3 is 2.72 bits per heavy atom. The van der Waals surface area contributed by atoms with E-state index in [1.807, 2.05) is 7.05 Å². The summed E-state index contributed by atoms with van der Waals surface area (Å²) in [6.07, 6.45) is 9.99. The standard InChI is InChI=1S/C15H26N2O/c1-16-9-10-17(14(18)12-16)8-5-13-11-15(13)6-3-2-4-7-15/h13H,2-12H2,1H3. The summed E-state index contributed by atoms with van der Waals surface area (Å²) in [5, 5.41) is 0. The van der Waals surface area contributed by atoms with Gasteiger partial charge >= 0.3 is 0 Å². The first kappa shape index (κ1) is 12.5. The quantitative estimate of drug-likeness (QED) is 0.766. The van der Waals surface area contributed by atoms with Gasteiger partial charge in [0, 0.05) is 19.6 Å². The zero-order valence-corrected chi connectivity index (χ0v) is 11.7. The number of piperazine rings is 1. The molecule has 1 amide bonds. The Morgan fingerprint density at radius 1 is 1.22 bits per heavy atom. The van der Waals surface area contributed by atoms with Crippen molar-refractivity contribution in [2.75, 3.05) is 33.2 Å². The zero-order valence-electron chi connectivity index (χ0n) is 11.7. The predicted molar refractivity (Wildman–Crippen MR) is 72.3 cm³/mol. The number of hydrogen-bond acceptors (Lipinski definition) is 2. The molecule has 1 aliphatic heterocycles. The molecule has 0 aromatic carbocycles. The van der Waals surface area contributed by atoms with Gasteiger partial charge in [-0.15, -0.1) is 0 Å². The number of hydrogen-bond donors (Lipinski definition) is 0. The third-order valence-electron chi connectivity index (χ3n) is 5.47. The van der Waals surface area contributed by atoms with Crippen molar-refractivity contribution in [3.8, 4) is 0 Å². The maximum atomic E-state index is 11.9. The number of carbonyl (C=O) groups is 1. The molecule has 1 heterocycles. The van der Waals surface area contributed by atoms with Crippen LogP contribution in [0.3, 0.4) is 0 Å². The molecule has 0 aromatic rings. The molecule has 1 unspecified atom stereocenters. The van der Waals surface area contributed by atoms with Crippen LogP contribution in [0.15, 0.2) is 0 Å². The third kappa shape index (κ3) is 2.42. The van der Waals surface area contributed by atoms with E-state index in [4.69, 9.17) is 0 Å². The van der Waals surface area contributed by atoms with E-state index < -0.39 is 0 Å². The van der Waals surface area contributed by atoms with Crippen LogP contribution in [0, 0.1) is 11.3 Å². The van der Waals surface area contributed by atoms with Gasteiger partial charge in [-0.3, -0.25) is 9.69 Å². The SMILES string of the molecule is CN1CCN(CCC2CC23CCCCC3)C(=O)C1. The summed E-state index contributed by atoms with van der Waals surface area (Å²) in [4.78, 5) is 16.1. The van der Waals surface area contributed by atoms with Gasteiger partial charge in [0.2, 0.25) is 5.91 Å². The molecule has 2 aliphatic carbocycles. The highest BCUT2D eigenvalue weighted by Crippen LogP contribution is 2.62. The van der Waals surface area contributed by atoms with Crippen LogP contribution < -0.4 is 0 Å². The average Bonchev–Trinajstić information content (AvgIpc) is 3.01. The smallest absolute Gasteiger partial charge is 0.236 e. The fraction of sp³-hybridized carbons (Fsp3) is 0.933. The predicted octanol–water partition coefficient (Wildman–Crippen LogP) is 2.12. The van der Waals surface area contributed by atoms with Gasteiger partial charge < -0.3 is 4.90 Å². The Morgan fingerprint density at radius 2 is 2.00 bits per heavy atom. The Kier molecular flexibility index (Phi) is 3.35. The summed E-state index contributed by atoms with van der Waals surface area (Å²) < 4.78 is 0. The van der Waals surface area contributed by atoms with Gasteiger partial charge in [0.15, 0.2) is 0 Å². The number of carbonyl (C=O) groups excluding carboxylic acids is 1. The van der Waals surface area contributed by atoms with Crippen LogP contribution in [0.25, 0.3) is 0 Å². The molecule has 0 N–H and O–H groups in total. The van der Waals surface area contributed by atoms with Crippen LogP contribution in [-0.4, -0.2) is 48.9 Å². The number of amides is 1. The van der Waals surface area contributed by atoms with E-state index in [-0.39, 0.29) is 0 Å². The molecule has 1 spiro atoms. The Balaban J connectivity index is 1.44. The first-order chi connectivity index (χ1) is 8.70. The topological polar surface area (TPSA) is 23.6 Å². The second-order valence-electron chi connectivity index (χ2n) is 6.73. The molecule has 0 radical (unpaired) electrons. The fourth-order valence-electron chi connectivity index (χ4n) is 4.08. The zero-order chi connectivity index (χ0) is 12.6. The minimum absolute atomic E-state index is 0.335. The van der Waals surface area contributed by atoms with Crippen molar-refractivity contribution in [1.29, 1.82) is 0 Å². The number of nitrogens with zero attached hydrogens (tertiary/aromatic N) is 2. The molecule has 3 aliphatic rings. The van der Waals surface area contributed by atoms with Crippen molar-refractivity contribution in [3.05, 3.63) is 0 Å². The molecule has 2 saturated carbocycles. The maximum absolute atomic E-state index is 11.9. The Bertz CT molecular complexity index is 322. The molecular formula is C15H26N2O. The minimum atomic E-state index is 0.335. The van der Waals surface area contributed by atoms with Gasteiger partial charge in [-0.05, 0) is 44.1 Å². The van der Waals surface area contributed by atoms with Crippen LogP contribution in [0.1, 0.15) is 44.9 Å². The van der Waals surface area contributed by atoms with Gasteiger partial charge in [0.25, 0.3) is 0 Å². The second kappa shape index (κ2) is 4.84. The lowest BCUT2D eigenvalue weighted by Crippen LogP contribution is -2.49. The number of likely N-dealkylation sites (N-methyl/N-ethyl adjacent to an activating group) is 1. The Labute approximate surface area is 111 Å². The summed E-state index contributed by atoms with van der Waals surface area (Å²) in [6, 6.07) is 0. The second-order valence-corrected chi connectivity index (χ2v) is 6.73. The average molecular weight is 250 g/mol. The van der Waals surface area contributed by atoms with Crippen molar-refractivity contribution in [1.82, 2.24) is 9.80 Å². The normalized spacial score (nSPS) is 31.9. The van der Waals surface area contributed by atoms with Crippen molar-refractivity contribution in [3.63, 3.8) is 0 Å². The lowest BCUT2D eigenvalue weighted by Gasteiger charge is -2.32. The van der Waals surface area contributed by atoms with E-state index in [0.717, 1.165) is 31.0 Å². The van der Waals surface area contributed by atoms with Gasteiger partial charge in [0.1, 0.15) is 0 Å². The van der Waals surface area contributed by atoms with Crippen LogP contribution in [0.5, 0.6) is 0 Å². The minimum Gasteiger partial charge on any atom is -0.340 e. The van der Waals surface area contributed by atoms with E-state index >= 15 is 0 Å². The first-order valence-electron chi connectivity index (χ1n) is 7.66. The molecule has 18 heavy (non-hydrogen) atoms. The first-order valence-corrected chi connectivity index (χ1v) is 7.66. The van der Waals surface area contributed by atoms with Crippen LogP contribution in [0.4, 0.5) is 0 Å².